The van der Waals surface area contributed by atoms with Crippen LogP contribution in [0.15, 0.2) is 30.3 Å². The molecular formula is C14H17N2O2. The Labute approximate surface area is 107 Å². The maximum atomic E-state index is 11.2. The lowest BCUT2D eigenvalue weighted by Gasteiger charge is -2.27. The van der Waals surface area contributed by atoms with Crippen molar-refractivity contribution in [2.45, 2.75) is 37.8 Å². The number of carbonyl (C=O) groups excluding carboxylic acids is 2. The van der Waals surface area contributed by atoms with E-state index in [-0.39, 0.29) is 6.04 Å². The van der Waals surface area contributed by atoms with E-state index in [1.165, 1.54) is 17.9 Å². The summed E-state index contributed by atoms with van der Waals surface area (Å²) in [5, 5.41) is 1.33. The van der Waals surface area contributed by atoms with E-state index in [0.717, 1.165) is 18.4 Å². The Kier molecular flexibility index (Phi) is 4.47. The van der Waals surface area contributed by atoms with Crippen LogP contribution in [0.25, 0.3) is 0 Å². The highest BCUT2D eigenvalue weighted by Gasteiger charge is 2.23. The van der Waals surface area contributed by atoms with Crippen LogP contribution in [0.2, 0.25) is 0 Å². The molecule has 18 heavy (non-hydrogen) atoms. The number of carbonyl (C=O) groups is 1. The number of rotatable bonds is 6. The smallest absolute Gasteiger partial charge is 0.229 e. The quantitative estimate of drug-likeness (QED) is 0.613. The zero-order chi connectivity index (χ0) is 12.8. The van der Waals surface area contributed by atoms with Crippen molar-refractivity contribution in [2.24, 2.45) is 0 Å². The van der Waals surface area contributed by atoms with E-state index in [1.54, 1.807) is 0 Å². The molecule has 2 rings (SSSR count). The van der Waals surface area contributed by atoms with Gasteiger partial charge in [0, 0.05) is 6.04 Å². The molecule has 1 atom stereocenters. The molecule has 1 fully saturated rings. The van der Waals surface area contributed by atoms with Gasteiger partial charge < -0.3 is 0 Å². The first-order valence-electron chi connectivity index (χ1n) is 6.27. The highest BCUT2D eigenvalue weighted by molar-refractivity contribution is 5.66. The van der Waals surface area contributed by atoms with E-state index in [9.17, 15) is 9.59 Å². The van der Waals surface area contributed by atoms with Gasteiger partial charge in [-0.15, -0.1) is 0 Å². The number of hydrogen-bond acceptors (Lipinski definition) is 3. The van der Waals surface area contributed by atoms with Crippen molar-refractivity contribution in [3.63, 3.8) is 0 Å². The molecule has 4 heteroatoms. The van der Waals surface area contributed by atoms with Gasteiger partial charge in [0.05, 0.1) is 0 Å². The second-order valence-corrected chi connectivity index (χ2v) is 4.55. The van der Waals surface area contributed by atoms with Crippen molar-refractivity contribution in [2.75, 3.05) is 0 Å². The van der Waals surface area contributed by atoms with E-state index >= 15 is 0 Å². The first-order valence-corrected chi connectivity index (χ1v) is 6.27. The topological polar surface area (TPSA) is 49.4 Å². The summed E-state index contributed by atoms with van der Waals surface area (Å²) in [7, 11) is 0. The summed E-state index contributed by atoms with van der Waals surface area (Å²) < 4.78 is 0. The molecule has 1 aromatic carbocycles. The number of amides is 1. The number of hydrogen-bond donors (Lipinski definition) is 1. The minimum Gasteiger partial charge on any atom is -0.288 e. The molecule has 1 amide bonds. The zero-order valence-corrected chi connectivity index (χ0v) is 10.2. The van der Waals surface area contributed by atoms with Crippen molar-refractivity contribution in [1.29, 1.82) is 0 Å². The third kappa shape index (κ3) is 2.96. The van der Waals surface area contributed by atoms with Gasteiger partial charge in [-0.05, 0) is 18.4 Å². The van der Waals surface area contributed by atoms with Gasteiger partial charge >= 0.3 is 0 Å². The minimum absolute atomic E-state index is 0.287. The highest BCUT2D eigenvalue weighted by atomic mass is 16.2. The van der Waals surface area contributed by atoms with Gasteiger partial charge in [-0.25, -0.2) is 5.43 Å². The van der Waals surface area contributed by atoms with Gasteiger partial charge in [-0.2, -0.15) is 0 Å². The third-order valence-electron chi connectivity index (χ3n) is 3.31. The Hall–Kier alpha value is -1.68. The van der Waals surface area contributed by atoms with E-state index in [1.807, 2.05) is 36.6 Å². The summed E-state index contributed by atoms with van der Waals surface area (Å²) in [6, 6.07) is 8.82. The normalized spacial score (nSPS) is 17.3. The average Bonchev–Trinajstić information content (AvgIpc) is 2.92. The average molecular weight is 245 g/mol. The molecule has 95 valence electrons. The zero-order valence-electron chi connectivity index (χ0n) is 10.2. The molecular weight excluding hydrogens is 228 g/mol. The maximum Gasteiger partial charge on any atom is 0.229 e. The monoisotopic (exact) mass is 245 g/mol. The molecule has 0 spiro atoms. The van der Waals surface area contributed by atoms with Crippen LogP contribution in [0.5, 0.6) is 0 Å². The minimum atomic E-state index is -0.677. The Bertz CT molecular complexity index is 388. The van der Waals surface area contributed by atoms with Crippen LogP contribution in [-0.2, 0) is 9.59 Å². The van der Waals surface area contributed by atoms with Crippen LogP contribution in [0.3, 0.4) is 0 Å². The van der Waals surface area contributed by atoms with Gasteiger partial charge in [-0.3, -0.25) is 14.6 Å². The van der Waals surface area contributed by atoms with Gasteiger partial charge in [0.2, 0.25) is 12.7 Å². The molecule has 0 aliphatic heterocycles. The standard InChI is InChI=1S/C14H17N2O2/c17-10-14(12-6-2-1-3-7-12)16(11-18)15-13-8-4-5-9-13/h1-3,6-7,11,13-15H,4-5,8-9H2/t14-/m0/s1. The molecule has 1 aliphatic carbocycles. The number of benzene rings is 1. The summed E-state index contributed by atoms with van der Waals surface area (Å²) >= 11 is 0. The molecule has 0 unspecified atom stereocenters. The van der Waals surface area contributed by atoms with Crippen LogP contribution < -0.4 is 5.43 Å². The van der Waals surface area contributed by atoms with Gasteiger partial charge in [0.1, 0.15) is 6.04 Å². The molecule has 0 saturated heterocycles. The number of nitrogens with one attached hydrogen (secondary N) is 1. The summed E-state index contributed by atoms with van der Waals surface area (Å²) in [5.74, 6) is 0. The van der Waals surface area contributed by atoms with Crippen molar-refractivity contribution in [3.8, 4) is 0 Å². The second kappa shape index (κ2) is 6.31. The first kappa shape index (κ1) is 12.8. The lowest BCUT2D eigenvalue weighted by molar-refractivity contribution is -0.123. The fourth-order valence-electron chi connectivity index (χ4n) is 2.35. The van der Waals surface area contributed by atoms with Crippen LogP contribution in [-0.4, -0.2) is 23.7 Å². The third-order valence-corrected chi connectivity index (χ3v) is 3.31. The molecule has 1 aromatic rings. The Balaban J connectivity index is 2.08. The molecule has 0 heterocycles. The largest absolute Gasteiger partial charge is 0.288 e. The lowest BCUT2D eigenvalue weighted by Crippen LogP contribution is -2.45. The van der Waals surface area contributed by atoms with Crippen molar-refractivity contribution < 1.29 is 9.59 Å². The molecule has 1 N–H and O–H groups in total. The van der Waals surface area contributed by atoms with E-state index in [0.29, 0.717) is 6.41 Å². The Morgan fingerprint density at radius 1 is 1.28 bits per heavy atom. The summed E-state index contributed by atoms with van der Waals surface area (Å²) in [6.07, 6.45) is 7.03. The fraction of sp³-hybridized carbons (Fsp3) is 0.429. The molecule has 0 aromatic heterocycles. The molecule has 0 bridgehead atoms. The Morgan fingerprint density at radius 3 is 2.50 bits per heavy atom. The number of hydrazine groups is 1. The predicted octanol–water partition coefficient (Wildman–Crippen LogP) is 1.74. The molecule has 1 aliphatic rings. The maximum absolute atomic E-state index is 11.2. The van der Waals surface area contributed by atoms with Crippen molar-refractivity contribution in [3.05, 3.63) is 35.9 Å². The van der Waals surface area contributed by atoms with Crippen molar-refractivity contribution in [1.82, 2.24) is 10.4 Å². The number of nitrogens with zero attached hydrogens (tertiary/aromatic N) is 1. The van der Waals surface area contributed by atoms with E-state index in [2.05, 4.69) is 5.43 Å². The van der Waals surface area contributed by atoms with Crippen LogP contribution in [0.4, 0.5) is 0 Å². The van der Waals surface area contributed by atoms with Gasteiger partial charge in [0.15, 0.2) is 0 Å². The first-order chi connectivity index (χ1) is 8.85. The van der Waals surface area contributed by atoms with Crippen LogP contribution >= 0.6 is 0 Å². The van der Waals surface area contributed by atoms with Crippen molar-refractivity contribution >= 4 is 12.7 Å². The second-order valence-electron chi connectivity index (χ2n) is 4.55. The van der Waals surface area contributed by atoms with Gasteiger partial charge in [0.25, 0.3) is 0 Å². The van der Waals surface area contributed by atoms with Crippen LogP contribution in [0.1, 0.15) is 37.3 Å². The SMILES string of the molecule is O=[C][C@@H](c1ccccc1)N(C=O)NC1CCCC1. The van der Waals surface area contributed by atoms with Crippen LogP contribution in [0, 0.1) is 0 Å². The summed E-state index contributed by atoms with van der Waals surface area (Å²) in [4.78, 5) is 22.3. The Morgan fingerprint density at radius 2 is 1.94 bits per heavy atom. The summed E-state index contributed by atoms with van der Waals surface area (Å²) in [5.41, 5.74) is 3.89. The highest BCUT2D eigenvalue weighted by Crippen LogP contribution is 2.21. The summed E-state index contributed by atoms with van der Waals surface area (Å²) in [6.45, 7) is 0. The predicted molar refractivity (Wildman–Crippen MR) is 68.2 cm³/mol. The molecule has 1 radical (unpaired) electrons. The molecule has 4 nitrogen and oxygen atoms in total. The lowest BCUT2D eigenvalue weighted by atomic mass is 10.1. The van der Waals surface area contributed by atoms with E-state index in [4.69, 9.17) is 0 Å². The van der Waals surface area contributed by atoms with E-state index < -0.39 is 6.04 Å². The van der Waals surface area contributed by atoms with Gasteiger partial charge in [-0.1, -0.05) is 43.2 Å². The fourth-order valence-corrected chi connectivity index (χ4v) is 2.35. The molecule has 1 saturated carbocycles.